The normalized spacial score (nSPS) is 17.7. The van der Waals surface area contributed by atoms with E-state index in [1.165, 1.54) is 0 Å². The molecule has 0 radical (unpaired) electrons. The third kappa shape index (κ3) is 2.17. The lowest BCUT2D eigenvalue weighted by Gasteiger charge is -2.22. The predicted octanol–water partition coefficient (Wildman–Crippen LogP) is 2.97. The molecule has 1 aliphatic rings. The molecule has 1 aromatic carbocycles. The fourth-order valence-electron chi connectivity index (χ4n) is 2.56. The van der Waals surface area contributed by atoms with Crippen LogP contribution in [0.2, 0.25) is 0 Å². The van der Waals surface area contributed by atoms with Crippen molar-refractivity contribution in [2.75, 3.05) is 4.90 Å². The molecule has 0 saturated heterocycles. The molecule has 1 atom stereocenters. The number of carbonyl (C=O) groups excluding carboxylic acids is 2. The maximum atomic E-state index is 12.1. The van der Waals surface area contributed by atoms with Crippen LogP contribution in [0.1, 0.15) is 49.5 Å². The van der Waals surface area contributed by atoms with E-state index in [2.05, 4.69) is 6.92 Å². The highest BCUT2D eigenvalue weighted by Crippen LogP contribution is 2.33. The summed E-state index contributed by atoms with van der Waals surface area (Å²) in [6.07, 6.45) is 2.28. The van der Waals surface area contributed by atoms with E-state index in [1.54, 1.807) is 6.92 Å². The van der Waals surface area contributed by atoms with Crippen LogP contribution in [-0.2, 0) is 11.2 Å². The summed E-state index contributed by atoms with van der Waals surface area (Å²) in [5.74, 6) is 0.253. The van der Waals surface area contributed by atoms with Crippen molar-refractivity contribution in [3.63, 3.8) is 0 Å². The average Bonchev–Trinajstić information content (AvgIpc) is 2.63. The van der Waals surface area contributed by atoms with Crippen molar-refractivity contribution in [2.24, 2.45) is 0 Å². The molecule has 0 bridgehead atoms. The van der Waals surface area contributed by atoms with E-state index in [0.29, 0.717) is 6.42 Å². The highest BCUT2D eigenvalue weighted by atomic mass is 16.2. The van der Waals surface area contributed by atoms with Crippen LogP contribution in [0.25, 0.3) is 0 Å². The minimum atomic E-state index is 0.0730. The Kier molecular flexibility index (Phi) is 3.50. The molecular formula is C15H19NO2. The molecule has 0 N–H and O–H groups in total. The minimum absolute atomic E-state index is 0.0730. The monoisotopic (exact) mass is 245 g/mol. The Balaban J connectivity index is 2.35. The molecule has 2 rings (SSSR count). The lowest BCUT2D eigenvalue weighted by Crippen LogP contribution is -2.35. The van der Waals surface area contributed by atoms with Gasteiger partial charge in [0.15, 0.2) is 5.78 Å². The quantitative estimate of drug-likeness (QED) is 0.768. The van der Waals surface area contributed by atoms with E-state index in [1.807, 2.05) is 30.0 Å². The molecule has 0 spiro atoms. The number of Topliss-reactive ketones (excluding diaryl/α,β-unsaturated/α-hetero) is 1. The maximum absolute atomic E-state index is 12.1. The SMILES string of the molecule is CCCC(=O)N1c2ccc(C(C)=O)cc2CC1C. The number of carbonyl (C=O) groups is 2. The van der Waals surface area contributed by atoms with Crippen LogP contribution in [0.4, 0.5) is 5.69 Å². The number of rotatable bonds is 3. The summed E-state index contributed by atoms with van der Waals surface area (Å²) in [4.78, 5) is 25.3. The smallest absolute Gasteiger partial charge is 0.227 e. The molecular weight excluding hydrogens is 226 g/mol. The average molecular weight is 245 g/mol. The summed E-state index contributed by atoms with van der Waals surface area (Å²) in [7, 11) is 0. The van der Waals surface area contributed by atoms with E-state index in [-0.39, 0.29) is 17.7 Å². The Hall–Kier alpha value is -1.64. The van der Waals surface area contributed by atoms with Crippen molar-refractivity contribution in [1.82, 2.24) is 0 Å². The first-order valence-electron chi connectivity index (χ1n) is 6.50. The fraction of sp³-hybridized carbons (Fsp3) is 0.467. The van der Waals surface area contributed by atoms with Crippen molar-refractivity contribution >= 4 is 17.4 Å². The van der Waals surface area contributed by atoms with E-state index in [0.717, 1.165) is 29.7 Å². The molecule has 3 heteroatoms. The Bertz CT molecular complexity index is 493. The first kappa shape index (κ1) is 12.8. The van der Waals surface area contributed by atoms with Gasteiger partial charge in [-0.15, -0.1) is 0 Å². The predicted molar refractivity (Wildman–Crippen MR) is 72.0 cm³/mol. The molecule has 0 saturated carbocycles. The number of amides is 1. The molecule has 1 aromatic rings. The molecule has 1 unspecified atom stereocenters. The van der Waals surface area contributed by atoms with Crippen molar-refractivity contribution in [3.8, 4) is 0 Å². The van der Waals surface area contributed by atoms with Gasteiger partial charge >= 0.3 is 0 Å². The van der Waals surface area contributed by atoms with Crippen LogP contribution in [-0.4, -0.2) is 17.7 Å². The second kappa shape index (κ2) is 4.92. The summed E-state index contributed by atoms with van der Waals surface area (Å²) >= 11 is 0. The molecule has 0 fully saturated rings. The van der Waals surface area contributed by atoms with Crippen LogP contribution < -0.4 is 4.90 Å². The van der Waals surface area contributed by atoms with Crippen molar-refractivity contribution in [3.05, 3.63) is 29.3 Å². The molecule has 1 amide bonds. The number of anilines is 1. The van der Waals surface area contributed by atoms with Crippen LogP contribution in [0.3, 0.4) is 0 Å². The van der Waals surface area contributed by atoms with E-state index >= 15 is 0 Å². The van der Waals surface area contributed by atoms with Gasteiger partial charge in [0.25, 0.3) is 0 Å². The molecule has 18 heavy (non-hydrogen) atoms. The van der Waals surface area contributed by atoms with Crippen LogP contribution in [0, 0.1) is 0 Å². The zero-order chi connectivity index (χ0) is 13.3. The van der Waals surface area contributed by atoms with Gasteiger partial charge in [0.05, 0.1) is 0 Å². The summed E-state index contributed by atoms with van der Waals surface area (Å²) in [6, 6.07) is 5.84. The maximum Gasteiger partial charge on any atom is 0.227 e. The zero-order valence-corrected chi connectivity index (χ0v) is 11.2. The van der Waals surface area contributed by atoms with Gasteiger partial charge in [-0.25, -0.2) is 0 Å². The number of benzene rings is 1. The number of hydrogen-bond donors (Lipinski definition) is 0. The lowest BCUT2D eigenvalue weighted by molar-refractivity contribution is -0.118. The van der Waals surface area contributed by atoms with E-state index < -0.39 is 0 Å². The van der Waals surface area contributed by atoms with Gasteiger partial charge in [0.2, 0.25) is 5.91 Å². The van der Waals surface area contributed by atoms with Crippen molar-refractivity contribution in [1.29, 1.82) is 0 Å². The minimum Gasteiger partial charge on any atom is -0.309 e. The summed E-state index contributed by atoms with van der Waals surface area (Å²) < 4.78 is 0. The molecule has 96 valence electrons. The Labute approximate surface area is 108 Å². The second-order valence-corrected chi connectivity index (χ2v) is 4.97. The Morgan fingerprint density at radius 1 is 1.39 bits per heavy atom. The van der Waals surface area contributed by atoms with Crippen LogP contribution in [0.15, 0.2) is 18.2 Å². The van der Waals surface area contributed by atoms with Crippen molar-refractivity contribution < 1.29 is 9.59 Å². The largest absolute Gasteiger partial charge is 0.309 e. The third-order valence-electron chi connectivity index (χ3n) is 3.43. The summed E-state index contributed by atoms with van der Waals surface area (Å²) in [5, 5.41) is 0. The molecule has 1 heterocycles. The summed E-state index contributed by atoms with van der Waals surface area (Å²) in [5.41, 5.74) is 2.82. The first-order valence-corrected chi connectivity index (χ1v) is 6.50. The van der Waals surface area contributed by atoms with Gasteiger partial charge in [-0.3, -0.25) is 9.59 Å². The standard InChI is InChI=1S/C15H19NO2/c1-4-5-15(18)16-10(2)8-13-9-12(11(3)17)6-7-14(13)16/h6-7,9-10H,4-5,8H2,1-3H3. The number of hydrogen-bond acceptors (Lipinski definition) is 2. The molecule has 1 aliphatic heterocycles. The fourth-order valence-corrected chi connectivity index (χ4v) is 2.56. The first-order chi connectivity index (χ1) is 8.54. The third-order valence-corrected chi connectivity index (χ3v) is 3.43. The number of fused-ring (bicyclic) bond motifs is 1. The topological polar surface area (TPSA) is 37.4 Å². The van der Waals surface area contributed by atoms with Gasteiger partial charge in [-0.05, 0) is 50.5 Å². The van der Waals surface area contributed by atoms with Gasteiger partial charge in [0, 0.05) is 23.7 Å². The number of ketones is 1. The van der Waals surface area contributed by atoms with E-state index in [9.17, 15) is 9.59 Å². The second-order valence-electron chi connectivity index (χ2n) is 4.97. The lowest BCUT2D eigenvalue weighted by atomic mass is 10.1. The Morgan fingerprint density at radius 3 is 2.72 bits per heavy atom. The molecule has 0 aliphatic carbocycles. The summed E-state index contributed by atoms with van der Waals surface area (Å²) in [6.45, 7) is 5.64. The highest BCUT2D eigenvalue weighted by Gasteiger charge is 2.30. The van der Waals surface area contributed by atoms with Gasteiger partial charge in [0.1, 0.15) is 0 Å². The Morgan fingerprint density at radius 2 is 2.11 bits per heavy atom. The zero-order valence-electron chi connectivity index (χ0n) is 11.2. The van der Waals surface area contributed by atoms with Gasteiger partial charge in [-0.2, -0.15) is 0 Å². The molecule has 3 nitrogen and oxygen atoms in total. The number of nitrogens with zero attached hydrogens (tertiary/aromatic N) is 1. The van der Waals surface area contributed by atoms with Gasteiger partial charge < -0.3 is 4.90 Å². The highest BCUT2D eigenvalue weighted by molar-refractivity contribution is 5.98. The van der Waals surface area contributed by atoms with Crippen LogP contribution in [0.5, 0.6) is 0 Å². The van der Waals surface area contributed by atoms with Gasteiger partial charge in [-0.1, -0.05) is 6.92 Å². The van der Waals surface area contributed by atoms with E-state index in [4.69, 9.17) is 0 Å². The van der Waals surface area contributed by atoms with Crippen LogP contribution >= 0.6 is 0 Å². The molecule has 0 aromatic heterocycles. The van der Waals surface area contributed by atoms with Crippen molar-refractivity contribution in [2.45, 2.75) is 46.1 Å².